The van der Waals surface area contributed by atoms with Crippen LogP contribution in [0.2, 0.25) is 0 Å². The van der Waals surface area contributed by atoms with Crippen LogP contribution < -0.4 is 11.1 Å². The molecule has 0 radical (unpaired) electrons. The molecule has 1 saturated carbocycles. The average Bonchev–Trinajstić information content (AvgIpc) is 2.71. The molecule has 3 rings (SSSR count). The first-order chi connectivity index (χ1) is 8.22. The van der Waals surface area contributed by atoms with Gasteiger partial charge in [-0.15, -0.1) is 0 Å². The lowest BCUT2D eigenvalue weighted by molar-refractivity contribution is 0.269. The zero-order valence-electron chi connectivity index (χ0n) is 9.82. The number of nitrogens with one attached hydrogen (secondary N) is 2. The van der Waals surface area contributed by atoms with Crippen molar-refractivity contribution in [2.24, 2.45) is 0 Å². The van der Waals surface area contributed by atoms with Crippen molar-refractivity contribution in [2.45, 2.75) is 38.1 Å². The maximum absolute atomic E-state index is 5.69. The molecule has 0 aliphatic heterocycles. The highest BCUT2D eigenvalue weighted by Crippen LogP contribution is 2.38. The fraction of sp³-hybridized carbons (Fsp3) is 0.545. The van der Waals surface area contributed by atoms with E-state index in [2.05, 4.69) is 32.4 Å². The van der Waals surface area contributed by atoms with Crippen LogP contribution in [0, 0.1) is 0 Å². The zero-order chi connectivity index (χ0) is 11.9. The monoisotopic (exact) mass is 232 g/mol. The van der Waals surface area contributed by atoms with Crippen molar-refractivity contribution in [3.63, 3.8) is 0 Å². The molecule has 1 fully saturated rings. The summed E-state index contributed by atoms with van der Waals surface area (Å²) < 4.78 is 0. The first-order valence-corrected chi connectivity index (χ1v) is 5.97. The maximum atomic E-state index is 5.69. The lowest BCUT2D eigenvalue weighted by Crippen LogP contribution is -2.44. The summed E-state index contributed by atoms with van der Waals surface area (Å²) in [5.41, 5.74) is 6.56. The van der Waals surface area contributed by atoms with Gasteiger partial charge in [-0.25, -0.2) is 0 Å². The Morgan fingerprint density at radius 3 is 2.94 bits per heavy atom. The van der Waals surface area contributed by atoms with Crippen LogP contribution in [-0.4, -0.2) is 25.7 Å². The minimum atomic E-state index is 0.186. The van der Waals surface area contributed by atoms with E-state index in [1.165, 1.54) is 19.3 Å². The van der Waals surface area contributed by atoms with E-state index in [1.54, 1.807) is 6.20 Å². The Kier molecular flexibility index (Phi) is 2.17. The first-order valence-electron chi connectivity index (χ1n) is 5.97. The summed E-state index contributed by atoms with van der Waals surface area (Å²) in [5.74, 6) is 1.07. The van der Waals surface area contributed by atoms with Crippen LogP contribution in [0.3, 0.4) is 0 Å². The average molecular weight is 232 g/mol. The number of hydrogen-bond acceptors (Lipinski definition) is 5. The molecule has 6 nitrogen and oxygen atoms in total. The number of H-pyrrole nitrogens is 1. The van der Waals surface area contributed by atoms with Crippen LogP contribution in [-0.2, 0) is 0 Å². The molecule has 4 N–H and O–H groups in total. The predicted molar refractivity (Wildman–Crippen MR) is 66.6 cm³/mol. The van der Waals surface area contributed by atoms with Crippen LogP contribution in [0.4, 0.5) is 11.8 Å². The third kappa shape index (κ3) is 1.60. The van der Waals surface area contributed by atoms with Gasteiger partial charge in [-0.1, -0.05) is 6.92 Å². The SMILES string of the molecule is CCC1(Nc2nc(N)nc3[nH]ncc23)CCC1. The van der Waals surface area contributed by atoms with Crippen LogP contribution in [0.15, 0.2) is 6.20 Å². The number of fused-ring (bicyclic) bond motifs is 1. The van der Waals surface area contributed by atoms with Crippen molar-refractivity contribution in [3.8, 4) is 0 Å². The van der Waals surface area contributed by atoms with E-state index in [4.69, 9.17) is 5.73 Å². The molecule has 0 unspecified atom stereocenters. The van der Waals surface area contributed by atoms with E-state index < -0.39 is 0 Å². The van der Waals surface area contributed by atoms with E-state index in [0.29, 0.717) is 5.65 Å². The van der Waals surface area contributed by atoms with E-state index in [0.717, 1.165) is 17.6 Å². The lowest BCUT2D eigenvalue weighted by Gasteiger charge is -2.42. The highest BCUT2D eigenvalue weighted by atomic mass is 15.2. The molecular formula is C11H16N6. The van der Waals surface area contributed by atoms with Gasteiger partial charge in [-0.2, -0.15) is 15.1 Å². The van der Waals surface area contributed by atoms with Gasteiger partial charge in [-0.05, 0) is 25.7 Å². The first kappa shape index (κ1) is 10.3. The zero-order valence-corrected chi connectivity index (χ0v) is 9.82. The van der Waals surface area contributed by atoms with Crippen LogP contribution in [0.1, 0.15) is 32.6 Å². The minimum Gasteiger partial charge on any atom is -0.368 e. The molecular weight excluding hydrogens is 216 g/mol. The summed E-state index contributed by atoms with van der Waals surface area (Å²) in [6, 6.07) is 0. The number of rotatable bonds is 3. The van der Waals surface area contributed by atoms with Gasteiger partial charge in [0.1, 0.15) is 5.82 Å². The predicted octanol–water partition coefficient (Wildman–Crippen LogP) is 1.68. The molecule has 90 valence electrons. The van der Waals surface area contributed by atoms with Gasteiger partial charge in [0.25, 0.3) is 0 Å². The van der Waals surface area contributed by atoms with Gasteiger partial charge in [0.2, 0.25) is 5.95 Å². The van der Waals surface area contributed by atoms with Crippen LogP contribution in [0.25, 0.3) is 11.0 Å². The Balaban J connectivity index is 2.01. The number of anilines is 2. The quantitative estimate of drug-likeness (QED) is 0.748. The second-order valence-corrected chi connectivity index (χ2v) is 4.68. The summed E-state index contributed by atoms with van der Waals surface area (Å²) in [5, 5.41) is 11.2. The van der Waals surface area contributed by atoms with Gasteiger partial charge < -0.3 is 11.1 Å². The van der Waals surface area contributed by atoms with Gasteiger partial charge in [0.05, 0.1) is 11.6 Å². The van der Waals surface area contributed by atoms with Crippen molar-refractivity contribution >= 4 is 22.8 Å². The summed E-state index contributed by atoms with van der Waals surface area (Å²) in [7, 11) is 0. The summed E-state index contributed by atoms with van der Waals surface area (Å²) in [6.07, 6.45) is 6.48. The maximum Gasteiger partial charge on any atom is 0.224 e. The Morgan fingerprint density at radius 1 is 1.47 bits per heavy atom. The second-order valence-electron chi connectivity index (χ2n) is 4.68. The highest BCUT2D eigenvalue weighted by Gasteiger charge is 2.35. The molecule has 0 aromatic carbocycles. The largest absolute Gasteiger partial charge is 0.368 e. The molecule has 2 aromatic heterocycles. The third-order valence-electron chi connectivity index (χ3n) is 3.70. The van der Waals surface area contributed by atoms with E-state index in [1.807, 2.05) is 0 Å². The molecule has 17 heavy (non-hydrogen) atoms. The fourth-order valence-corrected chi connectivity index (χ4v) is 2.37. The summed E-state index contributed by atoms with van der Waals surface area (Å²) in [4.78, 5) is 8.39. The smallest absolute Gasteiger partial charge is 0.224 e. The summed E-state index contributed by atoms with van der Waals surface area (Å²) in [6.45, 7) is 2.20. The van der Waals surface area contributed by atoms with E-state index in [-0.39, 0.29) is 11.5 Å². The Bertz CT molecular complexity index is 536. The van der Waals surface area contributed by atoms with Gasteiger partial charge in [-0.3, -0.25) is 5.10 Å². The molecule has 6 heteroatoms. The number of hydrogen-bond donors (Lipinski definition) is 3. The standard InChI is InChI=1S/C11H16N6/c1-2-11(4-3-5-11)16-8-7-6-13-17-9(7)15-10(12)14-8/h6H,2-5H2,1H3,(H4,12,13,14,15,16,17). The minimum absolute atomic E-state index is 0.186. The van der Waals surface area contributed by atoms with Crippen molar-refractivity contribution < 1.29 is 0 Å². The van der Waals surface area contributed by atoms with Gasteiger partial charge >= 0.3 is 0 Å². The number of nitrogen functional groups attached to an aromatic ring is 1. The normalized spacial score (nSPS) is 17.9. The molecule has 0 bridgehead atoms. The van der Waals surface area contributed by atoms with E-state index >= 15 is 0 Å². The topological polar surface area (TPSA) is 92.5 Å². The van der Waals surface area contributed by atoms with Crippen LogP contribution >= 0.6 is 0 Å². The molecule has 1 aliphatic rings. The molecule has 2 aromatic rings. The molecule has 0 saturated heterocycles. The van der Waals surface area contributed by atoms with Crippen LogP contribution in [0.5, 0.6) is 0 Å². The second kappa shape index (κ2) is 3.58. The number of aromatic amines is 1. The number of aromatic nitrogens is 4. The molecule has 2 heterocycles. The van der Waals surface area contributed by atoms with Gasteiger partial charge in [0, 0.05) is 5.54 Å². The fourth-order valence-electron chi connectivity index (χ4n) is 2.37. The number of nitrogens with zero attached hydrogens (tertiary/aromatic N) is 3. The molecule has 0 atom stereocenters. The Morgan fingerprint density at radius 2 is 2.29 bits per heavy atom. The lowest BCUT2D eigenvalue weighted by atomic mass is 9.75. The summed E-state index contributed by atoms with van der Waals surface area (Å²) >= 11 is 0. The molecule has 0 amide bonds. The third-order valence-corrected chi connectivity index (χ3v) is 3.70. The molecule has 1 aliphatic carbocycles. The number of nitrogens with two attached hydrogens (primary N) is 1. The van der Waals surface area contributed by atoms with Crippen molar-refractivity contribution in [2.75, 3.05) is 11.1 Å². The van der Waals surface area contributed by atoms with E-state index in [9.17, 15) is 0 Å². The van der Waals surface area contributed by atoms with Crippen molar-refractivity contribution in [1.82, 2.24) is 20.2 Å². The highest BCUT2D eigenvalue weighted by molar-refractivity contribution is 5.87. The van der Waals surface area contributed by atoms with Crippen molar-refractivity contribution in [3.05, 3.63) is 6.20 Å². The van der Waals surface area contributed by atoms with Gasteiger partial charge in [0.15, 0.2) is 5.65 Å². The Hall–Kier alpha value is -1.85. The molecule has 0 spiro atoms. The van der Waals surface area contributed by atoms with Crippen molar-refractivity contribution in [1.29, 1.82) is 0 Å². The Labute approximate surface area is 99.0 Å².